The normalized spacial score (nSPS) is 19.9. The minimum atomic E-state index is -3.13. The molecule has 0 spiro atoms. The minimum Gasteiger partial charge on any atom is -0.296 e. The SMILES string of the molecule is CC(c1ccc(F)cc1)N1CCC(NS(C)(=O)=O)CC1. The number of rotatable bonds is 4. The third-order valence-electron chi connectivity index (χ3n) is 3.81. The van der Waals surface area contributed by atoms with E-state index in [1.807, 2.05) is 0 Å². The van der Waals surface area contributed by atoms with Gasteiger partial charge in [-0.05, 0) is 37.5 Å². The molecule has 2 rings (SSSR count). The molecule has 112 valence electrons. The summed E-state index contributed by atoms with van der Waals surface area (Å²) in [5.74, 6) is -0.225. The molecule has 20 heavy (non-hydrogen) atoms. The first kappa shape index (κ1) is 15.4. The highest BCUT2D eigenvalue weighted by molar-refractivity contribution is 7.88. The minimum absolute atomic E-state index is 0.0293. The first-order valence-corrected chi connectivity index (χ1v) is 8.71. The van der Waals surface area contributed by atoms with Crippen molar-refractivity contribution in [2.45, 2.75) is 31.8 Å². The van der Waals surface area contributed by atoms with E-state index < -0.39 is 10.0 Å². The molecule has 1 aliphatic rings. The number of nitrogens with zero attached hydrogens (tertiary/aromatic N) is 1. The summed E-state index contributed by atoms with van der Waals surface area (Å²) in [6, 6.07) is 6.81. The number of benzene rings is 1. The standard InChI is InChI=1S/C14H21FN2O2S/c1-11(12-3-5-13(15)6-4-12)17-9-7-14(8-10-17)16-20(2,18)19/h3-6,11,14,16H,7-10H2,1-2H3. The lowest BCUT2D eigenvalue weighted by molar-refractivity contribution is 0.159. The summed E-state index contributed by atoms with van der Waals surface area (Å²) >= 11 is 0. The van der Waals surface area contributed by atoms with Crippen molar-refractivity contribution in [3.63, 3.8) is 0 Å². The Bertz CT molecular complexity index is 537. The van der Waals surface area contributed by atoms with Crippen molar-refractivity contribution < 1.29 is 12.8 Å². The quantitative estimate of drug-likeness (QED) is 0.924. The predicted octanol–water partition coefficient (Wildman–Crippen LogP) is 1.90. The lowest BCUT2D eigenvalue weighted by Crippen LogP contribution is -2.44. The Kier molecular flexibility index (Phi) is 4.78. The van der Waals surface area contributed by atoms with Gasteiger partial charge in [-0.15, -0.1) is 0 Å². The van der Waals surface area contributed by atoms with Crippen LogP contribution >= 0.6 is 0 Å². The van der Waals surface area contributed by atoms with E-state index in [1.54, 1.807) is 12.1 Å². The molecule has 1 N–H and O–H groups in total. The lowest BCUT2D eigenvalue weighted by atomic mass is 10.0. The monoisotopic (exact) mass is 300 g/mol. The van der Waals surface area contributed by atoms with Crippen LogP contribution in [-0.4, -0.2) is 38.7 Å². The Hall–Kier alpha value is -0.980. The Morgan fingerprint density at radius 3 is 2.30 bits per heavy atom. The summed E-state index contributed by atoms with van der Waals surface area (Å²) < 4.78 is 38.0. The number of halogens is 1. The van der Waals surface area contributed by atoms with Gasteiger partial charge in [-0.3, -0.25) is 4.90 Å². The maximum atomic E-state index is 12.9. The van der Waals surface area contributed by atoms with Gasteiger partial charge in [-0.2, -0.15) is 0 Å². The average molecular weight is 300 g/mol. The second-order valence-electron chi connectivity index (χ2n) is 5.43. The molecule has 0 saturated carbocycles. The van der Waals surface area contributed by atoms with Gasteiger partial charge in [-0.1, -0.05) is 12.1 Å². The summed E-state index contributed by atoms with van der Waals surface area (Å²) in [7, 11) is -3.13. The Morgan fingerprint density at radius 1 is 1.25 bits per heavy atom. The first-order valence-electron chi connectivity index (χ1n) is 6.82. The Morgan fingerprint density at radius 2 is 1.80 bits per heavy atom. The van der Waals surface area contributed by atoms with Crippen molar-refractivity contribution in [1.82, 2.24) is 9.62 Å². The highest BCUT2D eigenvalue weighted by Crippen LogP contribution is 2.24. The zero-order chi connectivity index (χ0) is 14.8. The Labute approximate surface area is 120 Å². The fourth-order valence-electron chi connectivity index (χ4n) is 2.66. The molecular formula is C14H21FN2O2S. The zero-order valence-corrected chi connectivity index (χ0v) is 12.7. The lowest BCUT2D eigenvalue weighted by Gasteiger charge is -2.36. The van der Waals surface area contributed by atoms with Gasteiger partial charge in [0.05, 0.1) is 6.26 Å². The molecule has 1 atom stereocenters. The molecule has 1 heterocycles. The molecule has 0 bridgehead atoms. The van der Waals surface area contributed by atoms with E-state index in [9.17, 15) is 12.8 Å². The van der Waals surface area contributed by atoms with Crippen molar-refractivity contribution in [2.24, 2.45) is 0 Å². The predicted molar refractivity (Wildman–Crippen MR) is 77.4 cm³/mol. The maximum Gasteiger partial charge on any atom is 0.208 e. The average Bonchev–Trinajstić information content (AvgIpc) is 2.38. The number of sulfonamides is 1. The van der Waals surface area contributed by atoms with Crippen LogP contribution in [0, 0.1) is 5.82 Å². The van der Waals surface area contributed by atoms with Gasteiger partial charge in [0.2, 0.25) is 10.0 Å². The molecule has 1 aliphatic heterocycles. The maximum absolute atomic E-state index is 12.9. The van der Waals surface area contributed by atoms with Crippen molar-refractivity contribution in [3.05, 3.63) is 35.6 Å². The van der Waals surface area contributed by atoms with Crippen molar-refractivity contribution in [3.8, 4) is 0 Å². The number of hydrogen-bond donors (Lipinski definition) is 1. The third kappa shape index (κ3) is 4.26. The molecule has 4 nitrogen and oxygen atoms in total. The van der Waals surface area contributed by atoms with Crippen LogP contribution in [-0.2, 0) is 10.0 Å². The van der Waals surface area contributed by atoms with Gasteiger partial charge >= 0.3 is 0 Å². The summed E-state index contributed by atoms with van der Waals surface area (Å²) in [6.07, 6.45) is 2.80. The van der Waals surface area contributed by atoms with Crippen LogP contribution in [0.2, 0.25) is 0 Å². The number of nitrogens with one attached hydrogen (secondary N) is 1. The largest absolute Gasteiger partial charge is 0.296 e. The Balaban J connectivity index is 1.91. The summed E-state index contributed by atoms with van der Waals surface area (Å²) in [5, 5.41) is 0. The van der Waals surface area contributed by atoms with Gasteiger partial charge < -0.3 is 0 Å². The number of piperidine rings is 1. The van der Waals surface area contributed by atoms with Crippen molar-refractivity contribution in [2.75, 3.05) is 19.3 Å². The van der Waals surface area contributed by atoms with Crippen LogP contribution < -0.4 is 4.72 Å². The van der Waals surface area contributed by atoms with E-state index in [1.165, 1.54) is 18.4 Å². The van der Waals surface area contributed by atoms with Crippen LogP contribution in [0.3, 0.4) is 0 Å². The van der Waals surface area contributed by atoms with E-state index in [-0.39, 0.29) is 17.9 Å². The van der Waals surface area contributed by atoms with Crippen LogP contribution in [0.4, 0.5) is 4.39 Å². The van der Waals surface area contributed by atoms with E-state index in [2.05, 4.69) is 16.5 Å². The highest BCUT2D eigenvalue weighted by atomic mass is 32.2. The van der Waals surface area contributed by atoms with Crippen molar-refractivity contribution >= 4 is 10.0 Å². The molecule has 1 aromatic carbocycles. The molecule has 0 amide bonds. The molecular weight excluding hydrogens is 279 g/mol. The van der Waals surface area contributed by atoms with E-state index in [0.29, 0.717) is 0 Å². The molecule has 1 saturated heterocycles. The third-order valence-corrected chi connectivity index (χ3v) is 4.57. The summed E-state index contributed by atoms with van der Waals surface area (Å²) in [5.41, 5.74) is 1.08. The van der Waals surface area contributed by atoms with Gasteiger partial charge in [0.1, 0.15) is 5.82 Å². The van der Waals surface area contributed by atoms with Gasteiger partial charge in [0.25, 0.3) is 0 Å². The van der Waals surface area contributed by atoms with Gasteiger partial charge in [0, 0.05) is 25.2 Å². The molecule has 0 radical (unpaired) electrons. The molecule has 0 aliphatic carbocycles. The fraction of sp³-hybridized carbons (Fsp3) is 0.571. The molecule has 1 fully saturated rings. The molecule has 6 heteroatoms. The smallest absolute Gasteiger partial charge is 0.208 e. The zero-order valence-electron chi connectivity index (χ0n) is 11.8. The van der Waals surface area contributed by atoms with Gasteiger partial charge in [-0.25, -0.2) is 17.5 Å². The summed E-state index contributed by atoms with van der Waals surface area (Å²) in [6.45, 7) is 3.77. The molecule has 0 aromatic heterocycles. The topological polar surface area (TPSA) is 49.4 Å². The van der Waals surface area contributed by atoms with E-state index in [4.69, 9.17) is 0 Å². The van der Waals surface area contributed by atoms with Gasteiger partial charge in [0.15, 0.2) is 0 Å². The fourth-order valence-corrected chi connectivity index (χ4v) is 3.50. The summed E-state index contributed by atoms with van der Waals surface area (Å²) in [4.78, 5) is 2.30. The highest BCUT2D eigenvalue weighted by Gasteiger charge is 2.25. The second kappa shape index (κ2) is 6.20. The van der Waals surface area contributed by atoms with Crippen LogP contribution in [0.1, 0.15) is 31.4 Å². The first-order chi connectivity index (χ1) is 9.35. The second-order valence-corrected chi connectivity index (χ2v) is 7.21. The number of hydrogen-bond acceptors (Lipinski definition) is 3. The van der Waals surface area contributed by atoms with E-state index in [0.717, 1.165) is 31.5 Å². The number of likely N-dealkylation sites (tertiary alicyclic amines) is 1. The van der Waals surface area contributed by atoms with Crippen molar-refractivity contribution in [1.29, 1.82) is 0 Å². The molecule has 1 unspecified atom stereocenters. The van der Waals surface area contributed by atoms with Crippen LogP contribution in [0.5, 0.6) is 0 Å². The van der Waals surface area contributed by atoms with Crippen LogP contribution in [0.25, 0.3) is 0 Å². The van der Waals surface area contributed by atoms with Crippen LogP contribution in [0.15, 0.2) is 24.3 Å². The molecule has 1 aromatic rings. The van der Waals surface area contributed by atoms with E-state index >= 15 is 0 Å².